The maximum atomic E-state index is 12.8. The second-order valence-electron chi connectivity index (χ2n) is 9.80. The average Bonchev–Trinajstić information content (AvgIpc) is 2.88. The monoisotopic (exact) mass is 377 g/mol. The molecule has 0 spiro atoms. The normalized spacial score (nSPS) is 21.8. The summed E-state index contributed by atoms with van der Waals surface area (Å²) < 4.78 is 12.3. The van der Waals surface area contributed by atoms with Crippen molar-refractivity contribution in [3.8, 4) is 0 Å². The summed E-state index contributed by atoms with van der Waals surface area (Å²) >= 11 is 0. The van der Waals surface area contributed by atoms with E-state index in [0.29, 0.717) is 6.54 Å². The highest BCUT2D eigenvalue weighted by Gasteiger charge is 2.44. The average molecular weight is 378 g/mol. The van der Waals surface area contributed by atoms with Gasteiger partial charge in [-0.25, -0.2) is 4.79 Å². The van der Waals surface area contributed by atoms with Gasteiger partial charge in [-0.05, 0) is 50.9 Å². The largest absolute Gasteiger partial charge is 0.444 e. The molecule has 1 aliphatic heterocycles. The van der Waals surface area contributed by atoms with E-state index in [1.165, 1.54) is 0 Å². The first kappa shape index (κ1) is 21.0. The van der Waals surface area contributed by atoms with Crippen molar-refractivity contribution < 1.29 is 14.0 Å². The SMILES string of the molecule is CC(C)(C)OC(=O)N1C[C@@H](O[Si](C)(C)C(C)(C)C)C[C@H]1c1ccccc1. The van der Waals surface area contributed by atoms with Crippen LogP contribution in [0.4, 0.5) is 4.79 Å². The number of ether oxygens (including phenoxy) is 1. The van der Waals surface area contributed by atoms with E-state index >= 15 is 0 Å². The second-order valence-corrected chi connectivity index (χ2v) is 14.6. The van der Waals surface area contributed by atoms with E-state index < -0.39 is 13.9 Å². The molecule has 0 bridgehead atoms. The lowest BCUT2D eigenvalue weighted by atomic mass is 10.0. The van der Waals surface area contributed by atoms with Crippen molar-refractivity contribution in [2.24, 2.45) is 0 Å². The molecular formula is C21H35NO3Si. The van der Waals surface area contributed by atoms with Crippen LogP contribution in [0.3, 0.4) is 0 Å². The van der Waals surface area contributed by atoms with E-state index in [4.69, 9.17) is 9.16 Å². The van der Waals surface area contributed by atoms with Crippen LogP contribution in [-0.4, -0.2) is 37.6 Å². The van der Waals surface area contributed by atoms with E-state index in [0.717, 1.165) is 12.0 Å². The van der Waals surface area contributed by atoms with Gasteiger partial charge in [0.2, 0.25) is 0 Å². The number of hydrogen-bond acceptors (Lipinski definition) is 3. The maximum Gasteiger partial charge on any atom is 0.410 e. The first-order chi connectivity index (χ1) is 11.8. The number of carbonyl (C=O) groups is 1. The summed E-state index contributed by atoms with van der Waals surface area (Å²) in [4.78, 5) is 14.7. The van der Waals surface area contributed by atoms with Crippen molar-refractivity contribution in [2.45, 2.75) is 83.8 Å². The summed E-state index contributed by atoms with van der Waals surface area (Å²) in [5.74, 6) is 0. The number of nitrogens with zero attached hydrogens (tertiary/aromatic N) is 1. The Kier molecular flexibility index (Phi) is 5.93. The minimum absolute atomic E-state index is 0.000758. The van der Waals surface area contributed by atoms with Crippen LogP contribution in [0.15, 0.2) is 30.3 Å². The Hall–Kier alpha value is -1.33. The predicted octanol–water partition coefficient (Wildman–Crippen LogP) is 5.76. The smallest absolute Gasteiger partial charge is 0.410 e. The van der Waals surface area contributed by atoms with Gasteiger partial charge in [-0.15, -0.1) is 0 Å². The van der Waals surface area contributed by atoms with Crippen molar-refractivity contribution in [1.82, 2.24) is 4.90 Å². The van der Waals surface area contributed by atoms with E-state index in [9.17, 15) is 4.79 Å². The zero-order valence-corrected chi connectivity index (χ0v) is 18.6. The lowest BCUT2D eigenvalue weighted by Crippen LogP contribution is -2.45. The molecule has 1 aliphatic rings. The molecule has 1 heterocycles. The number of rotatable bonds is 3. The fraction of sp³-hybridized carbons (Fsp3) is 0.667. The predicted molar refractivity (Wildman–Crippen MR) is 109 cm³/mol. The molecule has 5 heteroatoms. The molecule has 2 rings (SSSR count). The van der Waals surface area contributed by atoms with Crippen molar-refractivity contribution in [1.29, 1.82) is 0 Å². The highest BCUT2D eigenvalue weighted by molar-refractivity contribution is 6.74. The Morgan fingerprint density at radius 3 is 2.15 bits per heavy atom. The highest BCUT2D eigenvalue weighted by Crippen LogP contribution is 2.41. The van der Waals surface area contributed by atoms with Crippen molar-refractivity contribution in [2.75, 3.05) is 6.54 Å². The highest BCUT2D eigenvalue weighted by atomic mass is 28.4. The molecule has 1 fully saturated rings. The van der Waals surface area contributed by atoms with Gasteiger partial charge in [0.1, 0.15) is 5.60 Å². The Morgan fingerprint density at radius 1 is 1.08 bits per heavy atom. The van der Waals surface area contributed by atoms with E-state index in [2.05, 4.69) is 46.0 Å². The first-order valence-corrected chi connectivity index (χ1v) is 12.4. The van der Waals surface area contributed by atoms with Gasteiger partial charge in [0.15, 0.2) is 8.32 Å². The molecule has 1 saturated heterocycles. The van der Waals surface area contributed by atoms with E-state index in [1.54, 1.807) is 0 Å². The van der Waals surface area contributed by atoms with Crippen molar-refractivity contribution >= 4 is 14.4 Å². The molecule has 4 nitrogen and oxygen atoms in total. The Bertz CT molecular complexity index is 616. The zero-order chi connectivity index (χ0) is 19.8. The lowest BCUT2D eigenvalue weighted by Gasteiger charge is -2.38. The number of benzene rings is 1. The van der Waals surface area contributed by atoms with Gasteiger partial charge in [-0.2, -0.15) is 0 Å². The van der Waals surface area contributed by atoms with Crippen LogP contribution in [0.5, 0.6) is 0 Å². The Morgan fingerprint density at radius 2 is 1.65 bits per heavy atom. The minimum atomic E-state index is -1.89. The Balaban J connectivity index is 2.23. The third-order valence-corrected chi connectivity index (χ3v) is 9.88. The molecule has 0 aliphatic carbocycles. The third kappa shape index (κ3) is 5.10. The van der Waals surface area contributed by atoms with Gasteiger partial charge in [-0.3, -0.25) is 4.90 Å². The number of likely N-dealkylation sites (tertiary alicyclic amines) is 1. The number of hydrogen-bond donors (Lipinski definition) is 0. The van der Waals surface area contributed by atoms with Crippen LogP contribution in [0, 0.1) is 0 Å². The third-order valence-electron chi connectivity index (χ3n) is 5.34. The molecule has 1 amide bonds. The Labute approximate surface area is 160 Å². The van der Waals surface area contributed by atoms with Gasteiger partial charge in [0.05, 0.1) is 12.1 Å². The summed E-state index contributed by atoms with van der Waals surface area (Å²) in [6.45, 7) is 17.6. The summed E-state index contributed by atoms with van der Waals surface area (Å²) in [7, 11) is -1.89. The molecule has 0 radical (unpaired) electrons. The summed E-state index contributed by atoms with van der Waals surface area (Å²) in [5.41, 5.74) is 0.635. The molecule has 146 valence electrons. The minimum Gasteiger partial charge on any atom is -0.444 e. The number of amides is 1. The zero-order valence-electron chi connectivity index (χ0n) is 17.6. The van der Waals surface area contributed by atoms with Gasteiger partial charge >= 0.3 is 6.09 Å². The van der Waals surface area contributed by atoms with Crippen molar-refractivity contribution in [3.05, 3.63) is 35.9 Å². The van der Waals surface area contributed by atoms with Crippen LogP contribution in [0.25, 0.3) is 0 Å². The second kappa shape index (κ2) is 7.35. The maximum absolute atomic E-state index is 12.8. The fourth-order valence-electron chi connectivity index (χ4n) is 2.99. The van der Waals surface area contributed by atoms with Crippen molar-refractivity contribution in [3.63, 3.8) is 0 Å². The molecule has 0 aromatic heterocycles. The molecule has 1 aromatic rings. The van der Waals surface area contributed by atoms with Crippen LogP contribution < -0.4 is 0 Å². The fourth-order valence-corrected chi connectivity index (χ4v) is 4.35. The quantitative estimate of drug-likeness (QED) is 0.629. The topological polar surface area (TPSA) is 38.8 Å². The lowest BCUT2D eigenvalue weighted by molar-refractivity contribution is 0.0208. The van der Waals surface area contributed by atoms with Gasteiger partial charge in [-0.1, -0.05) is 51.1 Å². The molecule has 0 saturated carbocycles. The summed E-state index contributed by atoms with van der Waals surface area (Å²) in [5, 5.41) is 0.147. The standard InChI is InChI=1S/C21H35NO3Si/c1-20(2,3)24-19(23)22-15-17(25-26(7,8)21(4,5)6)14-18(22)16-12-10-9-11-13-16/h9-13,17-18H,14-15H2,1-8H3/t17-,18-/m0/s1. The number of carbonyl (C=O) groups excluding carboxylic acids is 1. The molecular weight excluding hydrogens is 342 g/mol. The summed E-state index contributed by atoms with van der Waals surface area (Å²) in [6.07, 6.45) is 0.608. The van der Waals surface area contributed by atoms with Gasteiger partial charge in [0, 0.05) is 6.54 Å². The molecule has 0 N–H and O–H groups in total. The van der Waals surface area contributed by atoms with Gasteiger partial charge in [0.25, 0.3) is 0 Å². The van der Waals surface area contributed by atoms with E-state index in [1.807, 2.05) is 43.9 Å². The summed E-state index contributed by atoms with van der Waals surface area (Å²) in [6, 6.07) is 10.2. The molecule has 0 unspecified atom stereocenters. The molecule has 2 atom stereocenters. The van der Waals surface area contributed by atoms with Crippen LogP contribution in [-0.2, 0) is 9.16 Å². The van der Waals surface area contributed by atoms with E-state index in [-0.39, 0.29) is 23.3 Å². The van der Waals surface area contributed by atoms with Crippen LogP contribution in [0.1, 0.15) is 59.6 Å². The molecule has 26 heavy (non-hydrogen) atoms. The van der Waals surface area contributed by atoms with Crippen LogP contribution in [0.2, 0.25) is 18.1 Å². The van der Waals surface area contributed by atoms with Gasteiger partial charge < -0.3 is 9.16 Å². The molecule has 1 aromatic carbocycles. The first-order valence-electron chi connectivity index (χ1n) is 9.52. The van der Waals surface area contributed by atoms with Crippen LogP contribution >= 0.6 is 0 Å².